The SMILES string of the molecule is Cl.c1ccc2c(c1)CCc1ccccc1N2CCN1CCOCC1. The molecule has 0 aromatic heterocycles. The molecule has 0 aliphatic carbocycles. The maximum absolute atomic E-state index is 5.47. The van der Waals surface area contributed by atoms with Crippen LogP contribution in [-0.4, -0.2) is 44.3 Å². The Hall–Kier alpha value is -1.55. The largest absolute Gasteiger partial charge is 0.379 e. The Balaban J connectivity index is 0.00000169. The summed E-state index contributed by atoms with van der Waals surface area (Å²) in [5, 5.41) is 0. The summed E-state index contributed by atoms with van der Waals surface area (Å²) in [6.07, 6.45) is 2.25. The number of fused-ring (bicyclic) bond motifs is 2. The summed E-state index contributed by atoms with van der Waals surface area (Å²) < 4.78 is 5.47. The molecule has 0 amide bonds. The van der Waals surface area contributed by atoms with Gasteiger partial charge in [0.15, 0.2) is 0 Å². The molecule has 0 atom stereocenters. The zero-order chi connectivity index (χ0) is 15.5. The molecule has 0 spiro atoms. The molecule has 1 saturated heterocycles. The van der Waals surface area contributed by atoms with Crippen molar-refractivity contribution in [3.05, 3.63) is 59.7 Å². The number of hydrogen-bond donors (Lipinski definition) is 0. The zero-order valence-corrected chi connectivity index (χ0v) is 14.8. The van der Waals surface area contributed by atoms with Crippen molar-refractivity contribution in [2.24, 2.45) is 0 Å². The molecule has 0 saturated carbocycles. The third-order valence-corrected chi connectivity index (χ3v) is 4.97. The first kappa shape index (κ1) is 17.3. The van der Waals surface area contributed by atoms with Gasteiger partial charge in [-0.25, -0.2) is 0 Å². The Kier molecular flexibility index (Phi) is 5.77. The number of benzene rings is 2. The van der Waals surface area contributed by atoms with Gasteiger partial charge in [0.05, 0.1) is 13.2 Å². The van der Waals surface area contributed by atoms with Crippen LogP contribution in [0.4, 0.5) is 11.4 Å². The summed E-state index contributed by atoms with van der Waals surface area (Å²) in [7, 11) is 0. The van der Waals surface area contributed by atoms with Gasteiger partial charge >= 0.3 is 0 Å². The molecule has 0 bridgehead atoms. The molecular weight excluding hydrogens is 320 g/mol. The smallest absolute Gasteiger partial charge is 0.0594 e. The van der Waals surface area contributed by atoms with Crippen molar-refractivity contribution in [1.82, 2.24) is 4.90 Å². The monoisotopic (exact) mass is 344 g/mol. The van der Waals surface area contributed by atoms with Crippen LogP contribution < -0.4 is 4.90 Å². The van der Waals surface area contributed by atoms with Gasteiger partial charge in [0.1, 0.15) is 0 Å². The van der Waals surface area contributed by atoms with Crippen molar-refractivity contribution in [3.8, 4) is 0 Å². The van der Waals surface area contributed by atoms with Crippen LogP contribution in [0.3, 0.4) is 0 Å². The minimum Gasteiger partial charge on any atom is -0.379 e. The van der Waals surface area contributed by atoms with Crippen LogP contribution >= 0.6 is 12.4 Å². The molecule has 3 nitrogen and oxygen atoms in total. The number of halogens is 1. The number of rotatable bonds is 3. The molecule has 24 heavy (non-hydrogen) atoms. The summed E-state index contributed by atoms with van der Waals surface area (Å²) in [6.45, 7) is 5.97. The number of morpholine rings is 1. The van der Waals surface area contributed by atoms with Crippen molar-refractivity contribution >= 4 is 23.8 Å². The van der Waals surface area contributed by atoms with Gasteiger partial charge in [0, 0.05) is 37.6 Å². The predicted molar refractivity (Wildman–Crippen MR) is 102 cm³/mol. The number of aryl methyl sites for hydroxylation is 2. The van der Waals surface area contributed by atoms with E-state index in [2.05, 4.69) is 58.3 Å². The lowest BCUT2D eigenvalue weighted by Crippen LogP contribution is -2.40. The van der Waals surface area contributed by atoms with Gasteiger partial charge in [0.25, 0.3) is 0 Å². The van der Waals surface area contributed by atoms with E-state index in [0.29, 0.717) is 0 Å². The molecule has 2 aromatic carbocycles. The molecule has 0 N–H and O–H groups in total. The normalized spacial score (nSPS) is 17.4. The lowest BCUT2D eigenvalue weighted by molar-refractivity contribution is 0.0394. The quantitative estimate of drug-likeness (QED) is 0.844. The van der Waals surface area contributed by atoms with Gasteiger partial charge in [0.2, 0.25) is 0 Å². The van der Waals surface area contributed by atoms with E-state index in [-0.39, 0.29) is 12.4 Å². The molecule has 2 aliphatic heterocycles. The number of anilines is 2. The molecule has 0 radical (unpaired) electrons. The summed E-state index contributed by atoms with van der Waals surface area (Å²) in [4.78, 5) is 5.03. The molecular formula is C20H25ClN2O. The fourth-order valence-electron chi connectivity index (χ4n) is 3.68. The second-order valence-corrected chi connectivity index (χ2v) is 6.36. The lowest BCUT2D eigenvalue weighted by Gasteiger charge is -2.32. The summed E-state index contributed by atoms with van der Waals surface area (Å²) >= 11 is 0. The summed E-state index contributed by atoms with van der Waals surface area (Å²) in [6, 6.07) is 17.8. The van der Waals surface area contributed by atoms with Gasteiger partial charge < -0.3 is 9.64 Å². The van der Waals surface area contributed by atoms with Crippen LogP contribution in [0.2, 0.25) is 0 Å². The average Bonchev–Trinajstić information content (AvgIpc) is 2.78. The summed E-state index contributed by atoms with van der Waals surface area (Å²) in [5.41, 5.74) is 5.69. The number of ether oxygens (including phenoxy) is 1. The van der Waals surface area contributed by atoms with E-state index >= 15 is 0 Å². The molecule has 2 heterocycles. The fraction of sp³-hybridized carbons (Fsp3) is 0.400. The van der Waals surface area contributed by atoms with E-state index < -0.39 is 0 Å². The zero-order valence-electron chi connectivity index (χ0n) is 14.0. The third-order valence-electron chi connectivity index (χ3n) is 4.97. The molecule has 4 rings (SSSR count). The second kappa shape index (κ2) is 8.02. The van der Waals surface area contributed by atoms with Gasteiger partial charge in [-0.15, -0.1) is 12.4 Å². The van der Waals surface area contributed by atoms with Crippen molar-refractivity contribution in [2.75, 3.05) is 44.3 Å². The topological polar surface area (TPSA) is 15.7 Å². The van der Waals surface area contributed by atoms with E-state index in [1.807, 2.05) is 0 Å². The number of para-hydroxylation sites is 2. The predicted octanol–water partition coefficient (Wildman–Crippen LogP) is 3.68. The highest BCUT2D eigenvalue weighted by atomic mass is 35.5. The van der Waals surface area contributed by atoms with Crippen LogP contribution in [0.25, 0.3) is 0 Å². The van der Waals surface area contributed by atoms with E-state index in [4.69, 9.17) is 4.74 Å². The van der Waals surface area contributed by atoms with Gasteiger partial charge in [-0.2, -0.15) is 0 Å². The maximum Gasteiger partial charge on any atom is 0.0594 e. The van der Waals surface area contributed by atoms with Crippen LogP contribution in [0.5, 0.6) is 0 Å². The van der Waals surface area contributed by atoms with Crippen LogP contribution in [0.1, 0.15) is 11.1 Å². The number of hydrogen-bond acceptors (Lipinski definition) is 3. The lowest BCUT2D eigenvalue weighted by atomic mass is 10.0. The van der Waals surface area contributed by atoms with Crippen LogP contribution in [0.15, 0.2) is 48.5 Å². The molecule has 4 heteroatoms. The first-order valence-corrected chi connectivity index (χ1v) is 8.65. The van der Waals surface area contributed by atoms with Crippen molar-refractivity contribution < 1.29 is 4.74 Å². The molecule has 1 fully saturated rings. The minimum absolute atomic E-state index is 0. The molecule has 2 aromatic rings. The van der Waals surface area contributed by atoms with Gasteiger partial charge in [-0.3, -0.25) is 4.90 Å². The second-order valence-electron chi connectivity index (χ2n) is 6.36. The fourth-order valence-corrected chi connectivity index (χ4v) is 3.68. The van der Waals surface area contributed by atoms with Crippen LogP contribution in [-0.2, 0) is 17.6 Å². The Morgan fingerprint density at radius 2 is 1.29 bits per heavy atom. The van der Waals surface area contributed by atoms with Crippen LogP contribution in [0, 0.1) is 0 Å². The standard InChI is InChI=1S/C20H24N2O.ClH/c1-3-7-19-17(5-1)9-10-18-6-2-4-8-20(18)22(19)12-11-21-13-15-23-16-14-21;/h1-8H,9-16H2;1H. The Labute approximate surface area is 150 Å². The number of nitrogens with zero attached hydrogens (tertiary/aromatic N) is 2. The minimum atomic E-state index is 0. The van der Waals surface area contributed by atoms with E-state index in [1.165, 1.54) is 22.5 Å². The highest BCUT2D eigenvalue weighted by Crippen LogP contribution is 2.35. The Morgan fingerprint density at radius 3 is 1.88 bits per heavy atom. The maximum atomic E-state index is 5.47. The molecule has 2 aliphatic rings. The third kappa shape index (κ3) is 3.59. The van der Waals surface area contributed by atoms with Gasteiger partial charge in [-0.05, 0) is 36.1 Å². The van der Waals surface area contributed by atoms with Gasteiger partial charge in [-0.1, -0.05) is 36.4 Å². The Morgan fingerprint density at radius 1 is 0.750 bits per heavy atom. The highest BCUT2D eigenvalue weighted by Gasteiger charge is 2.21. The van der Waals surface area contributed by atoms with E-state index in [0.717, 1.165) is 52.2 Å². The van der Waals surface area contributed by atoms with Crippen molar-refractivity contribution in [1.29, 1.82) is 0 Å². The Bertz CT molecular complexity index is 623. The highest BCUT2D eigenvalue weighted by molar-refractivity contribution is 5.85. The summed E-state index contributed by atoms with van der Waals surface area (Å²) in [5.74, 6) is 0. The molecule has 0 unspecified atom stereocenters. The first-order chi connectivity index (χ1) is 11.4. The molecule has 128 valence electrons. The van der Waals surface area contributed by atoms with E-state index in [9.17, 15) is 0 Å². The van der Waals surface area contributed by atoms with Crippen molar-refractivity contribution in [3.63, 3.8) is 0 Å². The van der Waals surface area contributed by atoms with E-state index in [1.54, 1.807) is 0 Å². The average molecular weight is 345 g/mol. The first-order valence-electron chi connectivity index (χ1n) is 8.65. The van der Waals surface area contributed by atoms with Crippen molar-refractivity contribution in [2.45, 2.75) is 12.8 Å².